The van der Waals surface area contributed by atoms with Crippen LogP contribution >= 0.6 is 0 Å². The van der Waals surface area contributed by atoms with Crippen molar-refractivity contribution in [1.29, 1.82) is 5.41 Å². The number of rotatable bonds is 1. The van der Waals surface area contributed by atoms with Gasteiger partial charge in [0.1, 0.15) is 0 Å². The van der Waals surface area contributed by atoms with Gasteiger partial charge in [0.25, 0.3) is 5.91 Å². The number of carbonyl (C=O) groups excluding carboxylic acids is 1. The van der Waals surface area contributed by atoms with Crippen LogP contribution in [0, 0.1) is 12.3 Å². The predicted molar refractivity (Wildman–Crippen MR) is 66.3 cm³/mol. The summed E-state index contributed by atoms with van der Waals surface area (Å²) in [6.45, 7) is 1.71. The van der Waals surface area contributed by atoms with Gasteiger partial charge >= 0.3 is 0 Å². The normalized spacial score (nSPS) is 18.0. The molecule has 96 valence electrons. The standard InChI is InChI=1S/C12H16N4O2/c1-6-8(11(18)16-12(13)14)5-7-3-2-4-9(17)10(7)15-6/h5,9,17H,2-4H2,1H3,(H4,13,14,16,18). The fraction of sp³-hybridized carbons (Fsp3) is 0.417. The van der Waals surface area contributed by atoms with Gasteiger partial charge in [-0.05, 0) is 37.8 Å². The second-order valence-electron chi connectivity index (χ2n) is 4.44. The monoisotopic (exact) mass is 248 g/mol. The molecule has 1 heterocycles. The highest BCUT2D eigenvalue weighted by molar-refractivity contribution is 6.05. The molecular formula is C12H16N4O2. The summed E-state index contributed by atoms with van der Waals surface area (Å²) in [6, 6.07) is 1.73. The van der Waals surface area contributed by atoms with Gasteiger partial charge in [-0.3, -0.25) is 20.5 Å². The van der Waals surface area contributed by atoms with Crippen LogP contribution in [0.15, 0.2) is 6.07 Å². The second-order valence-corrected chi connectivity index (χ2v) is 4.44. The molecule has 18 heavy (non-hydrogen) atoms. The van der Waals surface area contributed by atoms with Crippen molar-refractivity contribution in [3.05, 3.63) is 28.6 Å². The molecule has 0 aromatic carbocycles. The van der Waals surface area contributed by atoms with Crippen LogP contribution in [-0.2, 0) is 6.42 Å². The third-order valence-corrected chi connectivity index (χ3v) is 3.06. The summed E-state index contributed by atoms with van der Waals surface area (Å²) in [5.41, 5.74) is 7.63. The number of nitrogens with zero attached hydrogens (tertiary/aromatic N) is 1. The van der Waals surface area contributed by atoms with Gasteiger partial charge < -0.3 is 10.8 Å². The molecule has 1 aromatic rings. The zero-order chi connectivity index (χ0) is 13.3. The number of nitrogens with two attached hydrogens (primary N) is 1. The average molecular weight is 248 g/mol. The Hall–Kier alpha value is -1.95. The Balaban J connectivity index is 2.38. The first-order valence-corrected chi connectivity index (χ1v) is 5.83. The number of hydrogen-bond donors (Lipinski definition) is 4. The van der Waals surface area contributed by atoms with Crippen molar-refractivity contribution in [2.24, 2.45) is 5.73 Å². The largest absolute Gasteiger partial charge is 0.387 e. The molecule has 1 amide bonds. The van der Waals surface area contributed by atoms with Gasteiger partial charge in [0.15, 0.2) is 5.96 Å². The number of aryl methyl sites for hydroxylation is 2. The van der Waals surface area contributed by atoms with Gasteiger partial charge in [0, 0.05) is 0 Å². The Morgan fingerprint density at radius 2 is 2.39 bits per heavy atom. The number of aliphatic hydroxyl groups excluding tert-OH is 1. The van der Waals surface area contributed by atoms with Crippen LogP contribution < -0.4 is 11.1 Å². The summed E-state index contributed by atoms with van der Waals surface area (Å²) >= 11 is 0. The molecule has 0 fully saturated rings. The lowest BCUT2D eigenvalue weighted by Gasteiger charge is -2.21. The Bertz CT molecular complexity index is 513. The zero-order valence-corrected chi connectivity index (χ0v) is 10.2. The smallest absolute Gasteiger partial charge is 0.259 e. The molecule has 1 aliphatic carbocycles. The van der Waals surface area contributed by atoms with E-state index in [-0.39, 0.29) is 0 Å². The highest BCUT2D eigenvalue weighted by atomic mass is 16.3. The van der Waals surface area contributed by atoms with E-state index in [2.05, 4.69) is 10.3 Å². The van der Waals surface area contributed by atoms with Crippen LogP contribution in [0.5, 0.6) is 0 Å². The van der Waals surface area contributed by atoms with E-state index in [1.807, 2.05) is 0 Å². The van der Waals surface area contributed by atoms with Crippen LogP contribution in [0.3, 0.4) is 0 Å². The maximum absolute atomic E-state index is 11.8. The van der Waals surface area contributed by atoms with Crippen molar-refractivity contribution in [1.82, 2.24) is 10.3 Å². The second kappa shape index (κ2) is 4.73. The summed E-state index contributed by atoms with van der Waals surface area (Å²) in [4.78, 5) is 16.1. The lowest BCUT2D eigenvalue weighted by Crippen LogP contribution is -2.36. The Labute approximate surface area is 105 Å². The Morgan fingerprint density at radius 3 is 3.06 bits per heavy atom. The third-order valence-electron chi connectivity index (χ3n) is 3.06. The molecule has 1 unspecified atom stereocenters. The van der Waals surface area contributed by atoms with Gasteiger partial charge in [0.05, 0.1) is 23.1 Å². The Kier molecular flexibility index (Phi) is 3.29. The fourth-order valence-electron chi connectivity index (χ4n) is 2.20. The van der Waals surface area contributed by atoms with Gasteiger partial charge in [-0.1, -0.05) is 0 Å². The predicted octanol–water partition coefficient (Wildman–Crippen LogP) is 0.383. The number of nitrogens with one attached hydrogen (secondary N) is 2. The highest BCUT2D eigenvalue weighted by Crippen LogP contribution is 2.29. The third kappa shape index (κ3) is 2.33. The van der Waals surface area contributed by atoms with Crippen molar-refractivity contribution >= 4 is 11.9 Å². The van der Waals surface area contributed by atoms with Gasteiger partial charge in [-0.25, -0.2) is 0 Å². The van der Waals surface area contributed by atoms with E-state index in [1.54, 1.807) is 13.0 Å². The minimum Gasteiger partial charge on any atom is -0.387 e. The summed E-state index contributed by atoms with van der Waals surface area (Å²) in [5, 5.41) is 19.1. The molecule has 0 saturated carbocycles. The first kappa shape index (κ1) is 12.5. The van der Waals surface area contributed by atoms with Crippen molar-refractivity contribution < 1.29 is 9.90 Å². The van der Waals surface area contributed by atoms with Crippen LogP contribution in [0.1, 0.15) is 46.3 Å². The molecule has 2 rings (SSSR count). The fourth-order valence-corrected chi connectivity index (χ4v) is 2.20. The maximum atomic E-state index is 11.8. The van der Waals surface area contributed by atoms with E-state index in [0.29, 0.717) is 23.4 Å². The number of aliphatic hydroxyl groups is 1. The van der Waals surface area contributed by atoms with Crippen molar-refractivity contribution in [3.8, 4) is 0 Å². The van der Waals surface area contributed by atoms with Gasteiger partial charge in [-0.2, -0.15) is 0 Å². The SMILES string of the molecule is Cc1nc2c(cc1C(=O)NC(=N)N)CCCC2O. The molecule has 0 aliphatic heterocycles. The minimum atomic E-state index is -0.544. The molecule has 1 aromatic heterocycles. The molecule has 5 N–H and O–H groups in total. The van der Waals surface area contributed by atoms with Gasteiger partial charge in [-0.15, -0.1) is 0 Å². The number of fused-ring (bicyclic) bond motifs is 1. The molecule has 1 atom stereocenters. The quantitative estimate of drug-likeness (QED) is 0.425. The number of hydrogen-bond acceptors (Lipinski definition) is 4. The van der Waals surface area contributed by atoms with Crippen LogP contribution in [0.2, 0.25) is 0 Å². The van der Waals surface area contributed by atoms with E-state index in [0.717, 1.165) is 18.4 Å². The Morgan fingerprint density at radius 1 is 1.67 bits per heavy atom. The minimum absolute atomic E-state index is 0.392. The lowest BCUT2D eigenvalue weighted by atomic mass is 9.92. The molecule has 6 heteroatoms. The molecular weight excluding hydrogens is 232 g/mol. The number of carbonyl (C=O) groups is 1. The average Bonchev–Trinajstić information content (AvgIpc) is 2.28. The van der Waals surface area contributed by atoms with Crippen molar-refractivity contribution in [2.45, 2.75) is 32.3 Å². The first-order valence-electron chi connectivity index (χ1n) is 5.83. The summed E-state index contributed by atoms with van der Waals surface area (Å²) in [5.74, 6) is -0.826. The van der Waals surface area contributed by atoms with E-state index in [4.69, 9.17) is 11.1 Å². The summed E-state index contributed by atoms with van der Waals surface area (Å²) < 4.78 is 0. The number of aromatic nitrogens is 1. The van der Waals surface area contributed by atoms with E-state index in [1.165, 1.54) is 0 Å². The van der Waals surface area contributed by atoms with E-state index < -0.39 is 18.0 Å². The zero-order valence-electron chi connectivity index (χ0n) is 10.2. The first-order chi connectivity index (χ1) is 8.49. The van der Waals surface area contributed by atoms with Crippen LogP contribution in [-0.4, -0.2) is 22.0 Å². The van der Waals surface area contributed by atoms with Crippen LogP contribution in [0.25, 0.3) is 0 Å². The van der Waals surface area contributed by atoms with Gasteiger partial charge in [0.2, 0.25) is 0 Å². The number of pyridine rings is 1. The summed E-state index contributed by atoms with van der Waals surface area (Å²) in [6.07, 6.45) is 1.85. The molecule has 6 nitrogen and oxygen atoms in total. The molecule has 1 aliphatic rings. The van der Waals surface area contributed by atoms with E-state index >= 15 is 0 Å². The van der Waals surface area contributed by atoms with Crippen molar-refractivity contribution in [2.75, 3.05) is 0 Å². The number of amides is 1. The number of guanidine groups is 1. The maximum Gasteiger partial charge on any atom is 0.259 e. The molecule has 0 saturated heterocycles. The molecule has 0 bridgehead atoms. The van der Waals surface area contributed by atoms with E-state index in [9.17, 15) is 9.90 Å². The summed E-state index contributed by atoms with van der Waals surface area (Å²) in [7, 11) is 0. The van der Waals surface area contributed by atoms with Crippen LogP contribution in [0.4, 0.5) is 0 Å². The molecule has 0 radical (unpaired) electrons. The molecule has 0 spiro atoms. The van der Waals surface area contributed by atoms with Crippen molar-refractivity contribution in [3.63, 3.8) is 0 Å². The lowest BCUT2D eigenvalue weighted by molar-refractivity contribution is 0.0974. The topological polar surface area (TPSA) is 112 Å². The highest BCUT2D eigenvalue weighted by Gasteiger charge is 2.22.